The van der Waals surface area contributed by atoms with Crippen molar-refractivity contribution in [2.75, 3.05) is 0 Å². The van der Waals surface area contributed by atoms with Gasteiger partial charge in [0.2, 0.25) is 0 Å². The molecular weight excluding hydrogens is 328 g/mol. The average molecular weight is 346 g/mol. The van der Waals surface area contributed by atoms with Crippen LogP contribution in [0.4, 0.5) is 0 Å². The van der Waals surface area contributed by atoms with E-state index in [1.165, 1.54) is 24.4 Å². The van der Waals surface area contributed by atoms with Crippen LogP contribution in [0.1, 0.15) is 22.6 Å². The molecule has 130 valence electrons. The number of hydrogen-bond acceptors (Lipinski definition) is 4. The number of carbonyl (C=O) groups is 1. The first kappa shape index (κ1) is 17.2. The molecule has 0 aliphatic heterocycles. The first-order chi connectivity index (χ1) is 12.6. The number of amides is 1. The Bertz CT molecular complexity index is 870. The predicted molar refractivity (Wildman–Crippen MR) is 100 cm³/mol. The van der Waals surface area contributed by atoms with E-state index >= 15 is 0 Å². The van der Waals surface area contributed by atoms with Gasteiger partial charge in [-0.25, -0.2) is 5.43 Å². The van der Waals surface area contributed by atoms with Gasteiger partial charge in [-0.05, 0) is 23.3 Å². The summed E-state index contributed by atoms with van der Waals surface area (Å²) in [4.78, 5) is 12.7. The summed E-state index contributed by atoms with van der Waals surface area (Å²) in [6, 6.07) is 23.1. The Hall–Kier alpha value is -3.60. The van der Waals surface area contributed by atoms with Gasteiger partial charge in [-0.1, -0.05) is 60.7 Å². The summed E-state index contributed by atoms with van der Waals surface area (Å²) < 4.78 is 0. The van der Waals surface area contributed by atoms with Crippen molar-refractivity contribution in [3.63, 3.8) is 0 Å². The Morgan fingerprint density at radius 1 is 0.885 bits per heavy atom. The molecule has 0 aromatic heterocycles. The van der Waals surface area contributed by atoms with Crippen LogP contribution in [0.3, 0.4) is 0 Å². The summed E-state index contributed by atoms with van der Waals surface area (Å²) in [6.07, 6.45) is 1.33. The van der Waals surface area contributed by atoms with Crippen molar-refractivity contribution in [3.05, 3.63) is 95.6 Å². The molecule has 1 amide bonds. The van der Waals surface area contributed by atoms with E-state index in [9.17, 15) is 15.0 Å². The van der Waals surface area contributed by atoms with Crippen molar-refractivity contribution in [1.82, 2.24) is 5.43 Å². The Balaban J connectivity index is 1.81. The van der Waals surface area contributed by atoms with Crippen molar-refractivity contribution in [2.45, 2.75) is 5.92 Å². The molecular formula is C21H18N2O3. The van der Waals surface area contributed by atoms with Crippen molar-refractivity contribution in [2.24, 2.45) is 5.10 Å². The second-order valence-electron chi connectivity index (χ2n) is 5.73. The summed E-state index contributed by atoms with van der Waals surface area (Å²) in [5, 5.41) is 23.0. The molecule has 0 heterocycles. The minimum absolute atomic E-state index is 0.0445. The fraction of sp³-hybridized carbons (Fsp3) is 0.0476. The zero-order valence-corrected chi connectivity index (χ0v) is 13.9. The molecule has 5 heteroatoms. The lowest BCUT2D eigenvalue weighted by Gasteiger charge is -2.16. The quantitative estimate of drug-likeness (QED) is 0.489. The normalized spacial score (nSPS) is 11.0. The molecule has 0 saturated carbocycles. The first-order valence-corrected chi connectivity index (χ1v) is 8.10. The third-order valence-electron chi connectivity index (χ3n) is 3.92. The SMILES string of the molecule is O=C(NN=Cc1ccc(O)cc1O)C(c1ccccc1)c1ccccc1. The van der Waals surface area contributed by atoms with Gasteiger partial charge < -0.3 is 10.2 Å². The van der Waals surface area contributed by atoms with Gasteiger partial charge in [0, 0.05) is 11.6 Å². The van der Waals surface area contributed by atoms with Crippen LogP contribution in [-0.4, -0.2) is 22.3 Å². The lowest BCUT2D eigenvalue weighted by atomic mass is 9.91. The molecule has 3 rings (SSSR count). The lowest BCUT2D eigenvalue weighted by Crippen LogP contribution is -2.26. The second-order valence-corrected chi connectivity index (χ2v) is 5.73. The molecule has 5 nitrogen and oxygen atoms in total. The highest BCUT2D eigenvalue weighted by atomic mass is 16.3. The van der Waals surface area contributed by atoms with Gasteiger partial charge >= 0.3 is 0 Å². The number of hydrogen-bond donors (Lipinski definition) is 3. The molecule has 3 aromatic carbocycles. The van der Waals surface area contributed by atoms with Crippen molar-refractivity contribution in [1.29, 1.82) is 0 Å². The maximum Gasteiger partial charge on any atom is 0.252 e. The number of rotatable bonds is 5. The molecule has 0 radical (unpaired) electrons. The Morgan fingerprint density at radius 2 is 1.46 bits per heavy atom. The fourth-order valence-corrected chi connectivity index (χ4v) is 2.66. The summed E-state index contributed by atoms with van der Waals surface area (Å²) in [5.74, 6) is -0.942. The van der Waals surface area contributed by atoms with Gasteiger partial charge in [0.15, 0.2) is 0 Å². The molecule has 0 bridgehead atoms. The molecule has 0 atom stereocenters. The van der Waals surface area contributed by atoms with E-state index < -0.39 is 5.92 Å². The molecule has 3 N–H and O–H groups in total. The van der Waals surface area contributed by atoms with Crippen LogP contribution in [0.5, 0.6) is 11.5 Å². The Morgan fingerprint density at radius 3 is 2.00 bits per heavy atom. The van der Waals surface area contributed by atoms with Crippen LogP contribution < -0.4 is 5.43 Å². The topological polar surface area (TPSA) is 81.9 Å². The monoisotopic (exact) mass is 346 g/mol. The largest absolute Gasteiger partial charge is 0.508 e. The Labute approximate surface area is 151 Å². The number of nitrogens with zero attached hydrogens (tertiary/aromatic N) is 1. The molecule has 0 aliphatic carbocycles. The molecule has 0 unspecified atom stereocenters. The molecule has 0 aliphatic rings. The van der Waals surface area contributed by atoms with E-state index in [1.54, 1.807) is 0 Å². The van der Waals surface area contributed by atoms with E-state index in [4.69, 9.17) is 0 Å². The van der Waals surface area contributed by atoms with Gasteiger partial charge in [0.05, 0.1) is 12.1 Å². The first-order valence-electron chi connectivity index (χ1n) is 8.10. The maximum atomic E-state index is 12.7. The third kappa shape index (κ3) is 4.08. The van der Waals surface area contributed by atoms with Crippen LogP contribution in [0.2, 0.25) is 0 Å². The second kappa shape index (κ2) is 7.98. The predicted octanol–water partition coefficient (Wildman–Crippen LogP) is 3.38. The van der Waals surface area contributed by atoms with Gasteiger partial charge in [-0.2, -0.15) is 5.10 Å². The zero-order valence-electron chi connectivity index (χ0n) is 13.9. The van der Waals surface area contributed by atoms with Gasteiger partial charge in [-0.3, -0.25) is 4.79 Å². The fourth-order valence-electron chi connectivity index (χ4n) is 2.66. The lowest BCUT2D eigenvalue weighted by molar-refractivity contribution is -0.121. The molecule has 0 spiro atoms. The summed E-state index contributed by atoms with van der Waals surface area (Å²) in [7, 11) is 0. The van der Waals surface area contributed by atoms with Crippen molar-refractivity contribution >= 4 is 12.1 Å². The third-order valence-corrected chi connectivity index (χ3v) is 3.92. The van der Waals surface area contributed by atoms with Gasteiger partial charge in [0.1, 0.15) is 11.5 Å². The smallest absolute Gasteiger partial charge is 0.252 e. The number of carbonyl (C=O) groups excluding carboxylic acids is 1. The van der Waals surface area contributed by atoms with Crippen LogP contribution in [0.15, 0.2) is 84.0 Å². The minimum Gasteiger partial charge on any atom is -0.508 e. The standard InChI is InChI=1S/C21H18N2O3/c24-18-12-11-17(19(25)13-18)14-22-23-21(26)20(15-7-3-1-4-8-15)16-9-5-2-6-10-16/h1-14,20,24-25H,(H,23,26). The molecule has 3 aromatic rings. The van der Waals surface area contributed by atoms with Crippen LogP contribution in [0.25, 0.3) is 0 Å². The van der Waals surface area contributed by atoms with Crippen LogP contribution >= 0.6 is 0 Å². The number of phenols is 2. The molecule has 0 fully saturated rings. The number of nitrogens with one attached hydrogen (secondary N) is 1. The molecule has 26 heavy (non-hydrogen) atoms. The van der Waals surface area contributed by atoms with E-state index in [1.807, 2.05) is 60.7 Å². The average Bonchev–Trinajstić information content (AvgIpc) is 2.65. The number of aromatic hydroxyl groups is 2. The van der Waals surface area contributed by atoms with Crippen molar-refractivity contribution in [3.8, 4) is 11.5 Å². The summed E-state index contributed by atoms with van der Waals surface area (Å²) >= 11 is 0. The maximum absolute atomic E-state index is 12.7. The zero-order chi connectivity index (χ0) is 18.4. The van der Waals surface area contributed by atoms with Crippen LogP contribution in [-0.2, 0) is 4.79 Å². The Kier molecular flexibility index (Phi) is 5.29. The van der Waals surface area contributed by atoms with Gasteiger partial charge in [0.25, 0.3) is 5.91 Å². The number of phenolic OH excluding ortho intramolecular Hbond substituents is 2. The molecule has 0 saturated heterocycles. The summed E-state index contributed by atoms with van der Waals surface area (Å²) in [5.41, 5.74) is 4.64. The highest BCUT2D eigenvalue weighted by molar-refractivity contribution is 5.89. The summed E-state index contributed by atoms with van der Waals surface area (Å²) in [6.45, 7) is 0. The van der Waals surface area contributed by atoms with Crippen LogP contribution in [0, 0.1) is 0 Å². The van der Waals surface area contributed by atoms with E-state index in [0.29, 0.717) is 5.56 Å². The van der Waals surface area contributed by atoms with Gasteiger partial charge in [-0.15, -0.1) is 0 Å². The highest BCUT2D eigenvalue weighted by Gasteiger charge is 2.22. The number of hydrazone groups is 1. The highest BCUT2D eigenvalue weighted by Crippen LogP contribution is 2.25. The van der Waals surface area contributed by atoms with E-state index in [-0.39, 0.29) is 17.4 Å². The van der Waals surface area contributed by atoms with E-state index in [2.05, 4.69) is 10.5 Å². The minimum atomic E-state index is -0.497. The van der Waals surface area contributed by atoms with Crippen molar-refractivity contribution < 1.29 is 15.0 Å². The van der Waals surface area contributed by atoms with E-state index in [0.717, 1.165) is 11.1 Å². The number of benzene rings is 3.